The second kappa shape index (κ2) is 11.2. The molecule has 0 saturated heterocycles. The summed E-state index contributed by atoms with van der Waals surface area (Å²) < 4.78 is 26.9. The third-order valence-corrected chi connectivity index (χ3v) is 6.51. The first-order valence-corrected chi connectivity index (χ1v) is 12.5. The van der Waals surface area contributed by atoms with Crippen LogP contribution < -0.4 is 15.0 Å². The Balaban J connectivity index is 1.70. The van der Waals surface area contributed by atoms with Crippen molar-refractivity contribution in [2.24, 2.45) is 5.10 Å². The fourth-order valence-corrected chi connectivity index (χ4v) is 4.27. The molecule has 0 aliphatic carbocycles. The molecule has 1 heterocycles. The van der Waals surface area contributed by atoms with Crippen LogP contribution in [0.5, 0.6) is 11.5 Å². The van der Waals surface area contributed by atoms with Crippen LogP contribution in [0, 0.1) is 5.82 Å². The Labute approximate surface area is 221 Å². The molecule has 6 nitrogen and oxygen atoms in total. The normalized spacial score (nSPS) is 12.3. The molecule has 0 radical (unpaired) electrons. The molecular weight excluding hydrogens is 549 g/mol. The molecule has 3 aromatic carbocycles. The summed E-state index contributed by atoms with van der Waals surface area (Å²) in [5.41, 5.74) is 1.62. The Hall–Kier alpha value is -3.23. The van der Waals surface area contributed by atoms with E-state index in [1.807, 2.05) is 26.0 Å². The quantitative estimate of drug-likeness (QED) is 0.215. The van der Waals surface area contributed by atoms with Crippen LogP contribution in [-0.4, -0.2) is 23.0 Å². The summed E-state index contributed by atoms with van der Waals surface area (Å²) in [6.07, 6.45) is 2.32. The van der Waals surface area contributed by atoms with Crippen LogP contribution in [0.25, 0.3) is 10.9 Å². The summed E-state index contributed by atoms with van der Waals surface area (Å²) in [7, 11) is 1.50. The number of ether oxygens (including phenoxy) is 2. The lowest BCUT2D eigenvalue weighted by molar-refractivity contribution is 0.284. The van der Waals surface area contributed by atoms with Gasteiger partial charge < -0.3 is 9.47 Å². The molecule has 36 heavy (non-hydrogen) atoms. The molecule has 0 amide bonds. The third kappa shape index (κ3) is 5.60. The zero-order valence-electron chi connectivity index (χ0n) is 20.0. The number of rotatable bonds is 8. The number of methoxy groups -OCH3 is 1. The van der Waals surface area contributed by atoms with Crippen molar-refractivity contribution in [2.45, 2.75) is 32.8 Å². The Morgan fingerprint density at radius 1 is 1.22 bits per heavy atom. The minimum Gasteiger partial charge on any atom is -0.493 e. The number of halogens is 3. The molecule has 0 unspecified atom stereocenters. The first kappa shape index (κ1) is 25.9. The van der Waals surface area contributed by atoms with Gasteiger partial charge in [0.05, 0.1) is 29.2 Å². The molecule has 9 heteroatoms. The minimum absolute atomic E-state index is 0.0135. The van der Waals surface area contributed by atoms with Gasteiger partial charge in [0, 0.05) is 10.4 Å². The summed E-state index contributed by atoms with van der Waals surface area (Å²) in [6, 6.07) is 14.9. The monoisotopic (exact) mass is 571 g/mol. The van der Waals surface area contributed by atoms with Crippen LogP contribution in [0.15, 0.2) is 69.0 Å². The molecule has 0 N–H and O–H groups in total. The highest BCUT2D eigenvalue weighted by Gasteiger charge is 2.16. The predicted octanol–water partition coefficient (Wildman–Crippen LogP) is 6.93. The minimum atomic E-state index is -0.344. The van der Waals surface area contributed by atoms with Crippen LogP contribution in [0.1, 0.15) is 43.1 Å². The van der Waals surface area contributed by atoms with Crippen molar-refractivity contribution in [3.8, 4) is 11.5 Å². The average molecular weight is 573 g/mol. The van der Waals surface area contributed by atoms with Gasteiger partial charge in [0.2, 0.25) is 0 Å². The van der Waals surface area contributed by atoms with Gasteiger partial charge in [-0.2, -0.15) is 9.78 Å². The number of aromatic nitrogens is 2. The maximum atomic E-state index is 13.5. The largest absolute Gasteiger partial charge is 0.493 e. The van der Waals surface area contributed by atoms with Gasteiger partial charge in [-0.3, -0.25) is 4.79 Å². The van der Waals surface area contributed by atoms with E-state index in [9.17, 15) is 9.18 Å². The smallest absolute Gasteiger partial charge is 0.282 e. The molecule has 4 rings (SSSR count). The van der Waals surface area contributed by atoms with Crippen molar-refractivity contribution in [3.63, 3.8) is 0 Å². The van der Waals surface area contributed by atoms with Gasteiger partial charge >= 0.3 is 0 Å². The standard InChI is InChI=1S/C27H24BrClFN3O3/c1-4-16(2)26-32-23-9-8-19(28)13-21(23)27(34)33(26)31-14-18-11-22(29)25(24(12-18)35-3)36-15-17-6-5-7-20(30)10-17/h5-14,16H,4,15H2,1-3H3/t16-/m1/s1. The zero-order chi connectivity index (χ0) is 25.8. The molecule has 0 bridgehead atoms. The van der Waals surface area contributed by atoms with E-state index in [1.54, 1.807) is 30.3 Å². The molecule has 1 aromatic heterocycles. The molecule has 1 atom stereocenters. The van der Waals surface area contributed by atoms with Crippen molar-refractivity contribution in [1.82, 2.24) is 9.66 Å². The van der Waals surface area contributed by atoms with Gasteiger partial charge in [0.15, 0.2) is 11.5 Å². The SMILES string of the molecule is CC[C@@H](C)c1nc2ccc(Br)cc2c(=O)n1N=Cc1cc(Cl)c(OCc2cccc(F)c2)c(OC)c1. The van der Waals surface area contributed by atoms with Crippen molar-refractivity contribution < 1.29 is 13.9 Å². The lowest BCUT2D eigenvalue weighted by Gasteiger charge is -2.15. The fourth-order valence-electron chi connectivity index (χ4n) is 3.64. The van der Waals surface area contributed by atoms with E-state index in [0.717, 1.165) is 10.9 Å². The van der Waals surface area contributed by atoms with E-state index in [1.165, 1.54) is 30.1 Å². The first-order chi connectivity index (χ1) is 17.3. The van der Waals surface area contributed by atoms with Gasteiger partial charge in [-0.1, -0.05) is 53.5 Å². The molecular formula is C27H24BrClFN3O3. The number of hydrogen-bond donors (Lipinski definition) is 0. The number of fused-ring (bicyclic) bond motifs is 1. The zero-order valence-corrected chi connectivity index (χ0v) is 22.3. The van der Waals surface area contributed by atoms with E-state index in [0.29, 0.717) is 44.4 Å². The van der Waals surface area contributed by atoms with Crippen LogP contribution in [0.3, 0.4) is 0 Å². The van der Waals surface area contributed by atoms with E-state index in [4.69, 9.17) is 26.1 Å². The van der Waals surface area contributed by atoms with Gasteiger partial charge in [-0.05, 0) is 60.0 Å². The molecule has 0 aliphatic rings. The van der Waals surface area contributed by atoms with Crippen LogP contribution >= 0.6 is 27.5 Å². The maximum absolute atomic E-state index is 13.5. The van der Waals surface area contributed by atoms with Crippen LogP contribution in [0.2, 0.25) is 5.02 Å². The van der Waals surface area contributed by atoms with Gasteiger partial charge in [0.25, 0.3) is 5.56 Å². The topological polar surface area (TPSA) is 65.7 Å². The molecule has 186 valence electrons. The number of nitrogens with zero attached hydrogens (tertiary/aromatic N) is 3. The van der Waals surface area contributed by atoms with E-state index < -0.39 is 0 Å². The van der Waals surface area contributed by atoms with Gasteiger partial charge in [-0.25, -0.2) is 9.37 Å². The Bertz CT molecular complexity index is 1510. The highest BCUT2D eigenvalue weighted by atomic mass is 79.9. The van der Waals surface area contributed by atoms with E-state index in [-0.39, 0.29) is 23.9 Å². The summed E-state index contributed by atoms with van der Waals surface area (Å²) in [5, 5.41) is 5.24. The van der Waals surface area contributed by atoms with Gasteiger partial charge in [-0.15, -0.1) is 0 Å². The molecule has 0 saturated carbocycles. The van der Waals surface area contributed by atoms with E-state index in [2.05, 4.69) is 21.0 Å². The van der Waals surface area contributed by atoms with Crippen molar-refractivity contribution >= 4 is 44.6 Å². The van der Waals surface area contributed by atoms with E-state index >= 15 is 0 Å². The highest BCUT2D eigenvalue weighted by molar-refractivity contribution is 9.10. The van der Waals surface area contributed by atoms with Crippen molar-refractivity contribution in [3.05, 3.63) is 97.2 Å². The molecule has 0 aliphatic heterocycles. The van der Waals surface area contributed by atoms with Crippen molar-refractivity contribution in [1.29, 1.82) is 0 Å². The third-order valence-electron chi connectivity index (χ3n) is 5.73. The highest BCUT2D eigenvalue weighted by Crippen LogP contribution is 2.36. The second-order valence-corrected chi connectivity index (χ2v) is 9.58. The average Bonchev–Trinajstić information content (AvgIpc) is 2.87. The summed E-state index contributed by atoms with van der Waals surface area (Å²) in [4.78, 5) is 18.0. The Kier molecular flexibility index (Phi) is 8.06. The van der Waals surface area contributed by atoms with Crippen LogP contribution in [-0.2, 0) is 6.61 Å². The first-order valence-electron chi connectivity index (χ1n) is 11.3. The second-order valence-electron chi connectivity index (χ2n) is 8.26. The summed E-state index contributed by atoms with van der Waals surface area (Å²) in [6.45, 7) is 4.15. The predicted molar refractivity (Wildman–Crippen MR) is 144 cm³/mol. The Morgan fingerprint density at radius 3 is 2.75 bits per heavy atom. The Morgan fingerprint density at radius 2 is 2.03 bits per heavy atom. The molecule has 0 fully saturated rings. The van der Waals surface area contributed by atoms with Crippen LogP contribution in [0.4, 0.5) is 4.39 Å². The number of hydrogen-bond acceptors (Lipinski definition) is 5. The summed E-state index contributed by atoms with van der Waals surface area (Å²) >= 11 is 9.91. The fraction of sp³-hybridized carbons (Fsp3) is 0.222. The summed E-state index contributed by atoms with van der Waals surface area (Å²) in [5.74, 6) is 0.954. The number of benzene rings is 3. The lowest BCUT2D eigenvalue weighted by atomic mass is 10.1. The lowest BCUT2D eigenvalue weighted by Crippen LogP contribution is -2.23. The van der Waals surface area contributed by atoms with Crippen molar-refractivity contribution in [2.75, 3.05) is 7.11 Å². The van der Waals surface area contributed by atoms with Gasteiger partial charge in [0.1, 0.15) is 18.2 Å². The molecule has 0 spiro atoms. The maximum Gasteiger partial charge on any atom is 0.282 e. The molecule has 4 aromatic rings.